The summed E-state index contributed by atoms with van der Waals surface area (Å²) in [7, 11) is 0. The molecule has 0 aromatic rings. The van der Waals surface area contributed by atoms with Crippen LogP contribution >= 0.6 is 0 Å². The maximum atomic E-state index is 8.52. The van der Waals surface area contributed by atoms with Gasteiger partial charge < -0.3 is 20.0 Å². The Morgan fingerprint density at radius 3 is 1.00 bits per heavy atom. The Hall–Kier alpha value is 0.830. The summed E-state index contributed by atoms with van der Waals surface area (Å²) in [5.41, 5.74) is -0.500. The van der Waals surface area contributed by atoms with Crippen molar-refractivity contribution in [2.75, 3.05) is 0 Å². The molecule has 2 heteroatoms. The largest absolute Gasteiger partial charge is 0.391 e. The first-order chi connectivity index (χ1) is 2.00. The van der Waals surface area contributed by atoms with Crippen molar-refractivity contribution in [1.82, 2.24) is 0 Å². The van der Waals surface area contributed by atoms with E-state index in [2.05, 4.69) is 0 Å². The number of rotatable bonds is 0. The van der Waals surface area contributed by atoms with E-state index < -0.39 is 5.60 Å². The minimum Gasteiger partial charge on any atom is -0.391 e. The molecule has 0 aliphatic heterocycles. The predicted molar refractivity (Wildman–Crippen MR) is 34.8 cm³/mol. The summed E-state index contributed by atoms with van der Waals surface area (Å²) in [5.74, 6) is 0. The average Bonchev–Trinajstić information content (AvgIpc) is 0.722. The topological polar surface area (TPSA) is 20.2 Å². The van der Waals surface area contributed by atoms with E-state index in [4.69, 9.17) is 5.11 Å². The molecule has 0 aromatic heterocycles. The summed E-state index contributed by atoms with van der Waals surface area (Å²) in [5, 5.41) is 8.52. The minimum absolute atomic E-state index is 0. The van der Waals surface area contributed by atoms with Gasteiger partial charge in [-0.2, -0.15) is 0 Å². The summed E-state index contributed by atoms with van der Waals surface area (Å²) >= 11 is 0. The molecule has 1 nitrogen and oxygen atoms in total. The molecule has 0 aliphatic rings. The molecule has 0 aromatic carbocycles. The van der Waals surface area contributed by atoms with Gasteiger partial charge in [0.2, 0.25) is 0 Å². The minimum atomic E-state index is -0.500. The zero-order valence-electron chi connectivity index (χ0n) is 6.45. The third-order valence-electron chi connectivity index (χ3n) is 0. The smallest absolute Gasteiger partial charge is 0.0563 e. The fourth-order valence-electron chi connectivity index (χ4n) is 0. The first kappa shape index (κ1) is 23.2. The van der Waals surface area contributed by atoms with Crippen molar-refractivity contribution in [3.63, 3.8) is 0 Å². The van der Waals surface area contributed by atoms with Crippen molar-refractivity contribution < 1.29 is 30.9 Å². The van der Waals surface area contributed by atoms with Gasteiger partial charge >= 0.3 is 0 Å². The molecule has 0 radical (unpaired) electrons. The molecule has 0 aliphatic carbocycles. The summed E-state index contributed by atoms with van der Waals surface area (Å²) in [6, 6.07) is 0. The second-order valence-electron chi connectivity index (χ2n) is 2.17. The quantitative estimate of drug-likeness (QED) is 0.529. The van der Waals surface area contributed by atoms with Gasteiger partial charge in [0, 0.05) is 25.8 Å². The molecule has 0 atom stereocenters. The van der Waals surface area contributed by atoms with E-state index in [0.29, 0.717) is 0 Å². The van der Waals surface area contributed by atoms with Gasteiger partial charge in [0.25, 0.3) is 0 Å². The Morgan fingerprint density at radius 2 is 1.00 bits per heavy atom. The monoisotopic (exact) mass is 284 g/mol. The van der Waals surface area contributed by atoms with Gasteiger partial charge in [-0.3, -0.25) is 0 Å². The Balaban J connectivity index is -0.0000000267. The summed E-state index contributed by atoms with van der Waals surface area (Å²) in [6.07, 6.45) is 0. The zero-order valence-corrected chi connectivity index (χ0v) is 10.0. The fourth-order valence-corrected chi connectivity index (χ4v) is 0. The van der Waals surface area contributed by atoms with Crippen LogP contribution in [0.25, 0.3) is 0 Å². The molecule has 0 fully saturated rings. The Kier molecular flexibility index (Phi) is 22.7. The van der Waals surface area contributed by atoms with Gasteiger partial charge in [-0.1, -0.05) is 0 Å². The molecule has 1 N–H and O–H groups in total. The van der Waals surface area contributed by atoms with E-state index in [-0.39, 0.29) is 40.7 Å². The van der Waals surface area contributed by atoms with E-state index in [1.165, 1.54) is 0 Å². The number of aliphatic hydroxyl groups is 1. The standard InChI is InChI=1S/C4H10O.2CH3.Hf/c1-4(2,3)5;;;/h5H,1-3H3;2*1H3;/q;2*-1;. The molecular weight excluding hydrogens is 267 g/mol. The molecule has 8 heavy (non-hydrogen) atoms. The van der Waals surface area contributed by atoms with Crippen molar-refractivity contribution in [2.45, 2.75) is 26.4 Å². The molecule has 0 spiro atoms. The summed E-state index contributed by atoms with van der Waals surface area (Å²) in [4.78, 5) is 0. The zero-order chi connectivity index (χ0) is 4.50. The second kappa shape index (κ2) is 7.83. The molecule has 0 bridgehead atoms. The van der Waals surface area contributed by atoms with Crippen molar-refractivity contribution in [2.24, 2.45) is 0 Å². The van der Waals surface area contributed by atoms with Crippen LogP contribution in [0.2, 0.25) is 0 Å². The Morgan fingerprint density at radius 1 is 1.00 bits per heavy atom. The molecule has 52 valence electrons. The van der Waals surface area contributed by atoms with Crippen LogP contribution in [0, 0.1) is 14.9 Å². The van der Waals surface area contributed by atoms with Crippen molar-refractivity contribution >= 4 is 0 Å². The van der Waals surface area contributed by atoms with Crippen LogP contribution < -0.4 is 0 Å². The van der Waals surface area contributed by atoms with Crippen LogP contribution in [0.15, 0.2) is 0 Å². The average molecular weight is 283 g/mol. The summed E-state index contributed by atoms with van der Waals surface area (Å²) < 4.78 is 0. The third-order valence-corrected chi connectivity index (χ3v) is 0. The van der Waals surface area contributed by atoms with Crippen LogP contribution in [0.3, 0.4) is 0 Å². The first-order valence-electron chi connectivity index (χ1n) is 1.72. The molecule has 0 saturated carbocycles. The van der Waals surface area contributed by atoms with E-state index in [1.54, 1.807) is 20.8 Å². The molecular formula is C6H16HfO-2. The van der Waals surface area contributed by atoms with Crippen molar-refractivity contribution in [3.05, 3.63) is 14.9 Å². The molecule has 0 heterocycles. The Bertz CT molecular complexity index is 24.0. The van der Waals surface area contributed by atoms with Crippen LogP contribution in [-0.4, -0.2) is 10.7 Å². The fraction of sp³-hybridized carbons (Fsp3) is 0.667. The number of hydrogen-bond donors (Lipinski definition) is 1. The normalized spacial score (nSPS) is 7.50. The van der Waals surface area contributed by atoms with E-state index in [1.807, 2.05) is 0 Å². The van der Waals surface area contributed by atoms with Crippen LogP contribution in [-0.2, 0) is 25.8 Å². The van der Waals surface area contributed by atoms with E-state index >= 15 is 0 Å². The van der Waals surface area contributed by atoms with Gasteiger partial charge in [-0.05, 0) is 20.8 Å². The predicted octanol–water partition coefficient (Wildman–Crippen LogP) is 1.68. The van der Waals surface area contributed by atoms with Crippen LogP contribution in [0.4, 0.5) is 0 Å². The van der Waals surface area contributed by atoms with E-state index in [9.17, 15) is 0 Å². The van der Waals surface area contributed by atoms with Gasteiger partial charge in [0.1, 0.15) is 0 Å². The second-order valence-corrected chi connectivity index (χ2v) is 2.17. The van der Waals surface area contributed by atoms with Crippen molar-refractivity contribution in [1.29, 1.82) is 0 Å². The van der Waals surface area contributed by atoms with Crippen LogP contribution in [0.5, 0.6) is 0 Å². The molecule has 0 saturated heterocycles. The Labute approximate surface area is 72.3 Å². The third kappa shape index (κ3) is 337. The van der Waals surface area contributed by atoms with Gasteiger partial charge in [0.15, 0.2) is 0 Å². The molecule has 0 rings (SSSR count). The van der Waals surface area contributed by atoms with Gasteiger partial charge in [0.05, 0.1) is 5.60 Å². The van der Waals surface area contributed by atoms with Crippen molar-refractivity contribution in [3.8, 4) is 0 Å². The first-order valence-corrected chi connectivity index (χ1v) is 1.72. The maximum absolute atomic E-state index is 8.52. The maximum Gasteiger partial charge on any atom is 0.0563 e. The SMILES string of the molecule is CC(C)(C)O.[CH3-].[CH3-].[Hf]. The summed E-state index contributed by atoms with van der Waals surface area (Å²) in [6.45, 7) is 5.23. The van der Waals surface area contributed by atoms with Crippen LogP contribution in [0.1, 0.15) is 20.8 Å². The molecule has 0 amide bonds. The number of hydrogen-bond acceptors (Lipinski definition) is 1. The van der Waals surface area contributed by atoms with E-state index in [0.717, 1.165) is 0 Å². The van der Waals surface area contributed by atoms with Gasteiger partial charge in [-0.25, -0.2) is 0 Å². The molecule has 0 unspecified atom stereocenters. The van der Waals surface area contributed by atoms with Gasteiger partial charge in [-0.15, -0.1) is 0 Å².